The van der Waals surface area contributed by atoms with E-state index < -0.39 is 15.9 Å². The average Bonchev–Trinajstić information content (AvgIpc) is 3.07. The van der Waals surface area contributed by atoms with Crippen LogP contribution in [0.1, 0.15) is 28.3 Å². The van der Waals surface area contributed by atoms with E-state index in [2.05, 4.69) is 42.6 Å². The summed E-state index contributed by atoms with van der Waals surface area (Å²) < 4.78 is 28.8. The third-order valence-corrected chi connectivity index (χ3v) is 6.97. The molecular formula is C26H29NO4S. The Morgan fingerprint density at radius 2 is 1.84 bits per heavy atom. The first-order valence-corrected chi connectivity index (χ1v) is 12.9. The lowest BCUT2D eigenvalue weighted by Crippen LogP contribution is -2.32. The molecule has 0 amide bonds. The molecule has 168 valence electrons. The highest BCUT2D eigenvalue weighted by Crippen LogP contribution is 2.34. The van der Waals surface area contributed by atoms with Crippen molar-refractivity contribution in [2.75, 3.05) is 18.6 Å². The molecule has 3 aromatic rings. The van der Waals surface area contributed by atoms with Crippen molar-refractivity contribution in [2.24, 2.45) is 0 Å². The van der Waals surface area contributed by atoms with Gasteiger partial charge in [0, 0.05) is 19.2 Å². The molecule has 1 aliphatic carbocycles. The Kier molecular flexibility index (Phi) is 6.65. The number of fused-ring (bicyclic) bond motifs is 1. The largest absolute Gasteiger partial charge is 0.489 e. The van der Waals surface area contributed by atoms with Gasteiger partial charge in [0.15, 0.2) is 0 Å². The van der Waals surface area contributed by atoms with Crippen LogP contribution < -0.4 is 10.1 Å². The van der Waals surface area contributed by atoms with E-state index in [1.54, 1.807) is 0 Å². The van der Waals surface area contributed by atoms with Gasteiger partial charge in [0.05, 0.1) is 17.9 Å². The zero-order valence-electron chi connectivity index (χ0n) is 18.4. The van der Waals surface area contributed by atoms with E-state index in [-0.39, 0.29) is 11.8 Å². The zero-order valence-corrected chi connectivity index (χ0v) is 19.2. The topological polar surface area (TPSA) is 75.6 Å². The van der Waals surface area contributed by atoms with Gasteiger partial charge in [0.25, 0.3) is 0 Å². The van der Waals surface area contributed by atoms with Gasteiger partial charge >= 0.3 is 0 Å². The van der Waals surface area contributed by atoms with E-state index in [1.807, 2.05) is 36.4 Å². The molecule has 0 aliphatic heterocycles. The van der Waals surface area contributed by atoms with Crippen molar-refractivity contribution in [1.29, 1.82) is 0 Å². The Labute approximate surface area is 190 Å². The highest BCUT2D eigenvalue weighted by Gasteiger charge is 2.31. The van der Waals surface area contributed by atoms with Crippen molar-refractivity contribution in [2.45, 2.75) is 32.1 Å². The van der Waals surface area contributed by atoms with Gasteiger partial charge in [-0.2, -0.15) is 0 Å². The number of aliphatic hydroxyl groups excluding tert-OH is 1. The summed E-state index contributed by atoms with van der Waals surface area (Å²) in [5.41, 5.74) is 6.75. The first-order valence-electron chi connectivity index (χ1n) is 10.8. The lowest BCUT2D eigenvalue weighted by Gasteiger charge is -2.18. The van der Waals surface area contributed by atoms with Gasteiger partial charge in [-0.3, -0.25) is 0 Å². The molecule has 0 aromatic heterocycles. The van der Waals surface area contributed by atoms with Gasteiger partial charge in [0.1, 0.15) is 22.2 Å². The maximum atomic E-state index is 11.4. The second kappa shape index (κ2) is 9.45. The van der Waals surface area contributed by atoms with E-state index in [0.29, 0.717) is 19.6 Å². The van der Waals surface area contributed by atoms with Gasteiger partial charge < -0.3 is 15.2 Å². The Hall–Kier alpha value is -2.67. The van der Waals surface area contributed by atoms with E-state index in [0.717, 1.165) is 22.4 Å². The normalized spacial score (nSPS) is 17.8. The Balaban J connectivity index is 1.44. The molecule has 0 fully saturated rings. The van der Waals surface area contributed by atoms with E-state index >= 15 is 0 Å². The van der Waals surface area contributed by atoms with Crippen molar-refractivity contribution in [3.8, 4) is 16.9 Å². The highest BCUT2D eigenvalue weighted by atomic mass is 32.2. The second-order valence-electron chi connectivity index (χ2n) is 8.44. The Morgan fingerprint density at radius 1 is 1.06 bits per heavy atom. The molecule has 6 heteroatoms. The van der Waals surface area contributed by atoms with Crippen LogP contribution in [0.2, 0.25) is 0 Å². The quantitative estimate of drug-likeness (QED) is 0.544. The maximum absolute atomic E-state index is 11.4. The van der Waals surface area contributed by atoms with E-state index in [4.69, 9.17) is 4.74 Å². The molecule has 0 heterocycles. The molecule has 2 N–H and O–H groups in total. The third-order valence-electron chi connectivity index (χ3n) is 6.03. The molecular weight excluding hydrogens is 422 g/mol. The molecule has 32 heavy (non-hydrogen) atoms. The van der Waals surface area contributed by atoms with Crippen LogP contribution in [0.4, 0.5) is 0 Å². The van der Waals surface area contributed by atoms with Crippen LogP contribution in [0.5, 0.6) is 5.75 Å². The lowest BCUT2D eigenvalue weighted by atomic mass is 9.97. The van der Waals surface area contributed by atoms with Crippen molar-refractivity contribution < 1.29 is 18.3 Å². The summed E-state index contributed by atoms with van der Waals surface area (Å²) in [5, 5.41) is 13.6. The van der Waals surface area contributed by atoms with Crippen LogP contribution in [-0.4, -0.2) is 38.2 Å². The number of hydrogen-bond acceptors (Lipinski definition) is 5. The number of sulfone groups is 1. The monoisotopic (exact) mass is 451 g/mol. The Morgan fingerprint density at radius 3 is 2.59 bits per heavy atom. The molecule has 4 rings (SSSR count). The number of nitrogens with one attached hydrogen (secondary N) is 1. The summed E-state index contributed by atoms with van der Waals surface area (Å²) >= 11 is 0. The fourth-order valence-electron chi connectivity index (χ4n) is 4.28. The molecule has 5 nitrogen and oxygen atoms in total. The molecule has 0 spiro atoms. The summed E-state index contributed by atoms with van der Waals surface area (Å²) in [6, 6.07) is 22.2. The van der Waals surface area contributed by atoms with Crippen LogP contribution in [-0.2, 0) is 22.9 Å². The van der Waals surface area contributed by atoms with E-state index in [9.17, 15) is 13.5 Å². The first kappa shape index (κ1) is 22.5. The van der Waals surface area contributed by atoms with Crippen LogP contribution in [0.15, 0.2) is 66.7 Å². The molecule has 0 saturated carbocycles. The molecule has 0 saturated heterocycles. The van der Waals surface area contributed by atoms with Gasteiger partial charge in [-0.15, -0.1) is 0 Å². The standard InChI is InChI=1S/C26H29NO4S/c1-18-20(9-6-10-23(18)19-7-4-3-5-8-19)17-31-22-11-12-24-21(15-22)16-25(28)26(24)27-13-14-32(2,29)30/h3-12,15,25-28H,13-14,16-17H2,1-2H3/t25-,26+/m1/s1. The van der Waals surface area contributed by atoms with Crippen LogP contribution >= 0.6 is 0 Å². The van der Waals surface area contributed by atoms with Crippen molar-refractivity contribution in [3.63, 3.8) is 0 Å². The van der Waals surface area contributed by atoms with Crippen molar-refractivity contribution in [3.05, 3.63) is 89.0 Å². The summed E-state index contributed by atoms with van der Waals surface area (Å²) in [6.45, 7) is 2.89. The predicted octanol–water partition coefficient (Wildman–Crippen LogP) is 3.83. The average molecular weight is 452 g/mol. The summed E-state index contributed by atoms with van der Waals surface area (Å²) in [6.07, 6.45) is 1.16. The number of hydrogen-bond donors (Lipinski definition) is 2. The molecule has 1 aliphatic rings. The van der Waals surface area contributed by atoms with Crippen LogP contribution in [0, 0.1) is 6.92 Å². The first-order chi connectivity index (χ1) is 15.3. The van der Waals surface area contributed by atoms with Gasteiger partial charge in [-0.05, 0) is 52.4 Å². The number of ether oxygens (including phenoxy) is 1. The minimum absolute atomic E-state index is 0.0497. The second-order valence-corrected chi connectivity index (χ2v) is 10.7. The fourth-order valence-corrected chi connectivity index (χ4v) is 4.77. The Bertz CT molecular complexity index is 1190. The molecule has 3 aromatic carbocycles. The number of rotatable bonds is 8. The van der Waals surface area contributed by atoms with Gasteiger partial charge in [-0.25, -0.2) is 8.42 Å². The predicted molar refractivity (Wildman–Crippen MR) is 128 cm³/mol. The van der Waals surface area contributed by atoms with Gasteiger partial charge in [0.2, 0.25) is 0 Å². The molecule has 0 unspecified atom stereocenters. The number of benzene rings is 3. The highest BCUT2D eigenvalue weighted by molar-refractivity contribution is 7.90. The summed E-state index contributed by atoms with van der Waals surface area (Å²) in [7, 11) is -3.04. The third kappa shape index (κ3) is 5.21. The molecule has 2 atom stereocenters. The summed E-state index contributed by atoms with van der Waals surface area (Å²) in [4.78, 5) is 0. The smallest absolute Gasteiger partial charge is 0.148 e. The summed E-state index contributed by atoms with van der Waals surface area (Å²) in [5.74, 6) is 0.811. The molecule has 0 radical (unpaired) electrons. The van der Waals surface area contributed by atoms with Crippen molar-refractivity contribution in [1.82, 2.24) is 5.32 Å². The lowest BCUT2D eigenvalue weighted by molar-refractivity contribution is 0.142. The van der Waals surface area contributed by atoms with Crippen LogP contribution in [0.25, 0.3) is 11.1 Å². The fraction of sp³-hybridized carbons (Fsp3) is 0.308. The van der Waals surface area contributed by atoms with Crippen LogP contribution in [0.3, 0.4) is 0 Å². The minimum Gasteiger partial charge on any atom is -0.489 e. The van der Waals surface area contributed by atoms with Gasteiger partial charge in [-0.1, -0.05) is 54.6 Å². The zero-order chi connectivity index (χ0) is 22.7. The van der Waals surface area contributed by atoms with Crippen molar-refractivity contribution >= 4 is 9.84 Å². The number of aliphatic hydroxyl groups is 1. The SMILES string of the molecule is Cc1c(COc2ccc3c(c2)C[C@@H](O)[C@H]3NCCS(C)(=O)=O)cccc1-c1ccccc1. The maximum Gasteiger partial charge on any atom is 0.148 e. The minimum atomic E-state index is -3.04. The van der Waals surface area contributed by atoms with E-state index in [1.165, 1.54) is 22.9 Å². The molecule has 0 bridgehead atoms.